The molecule has 9 heteroatoms. The Morgan fingerprint density at radius 2 is 1.91 bits per heavy atom. The third kappa shape index (κ3) is 3.45. The topological polar surface area (TPSA) is 140 Å². The summed E-state index contributed by atoms with van der Waals surface area (Å²) in [5.41, 5.74) is -0.704. The molecule has 0 saturated carbocycles. The predicted molar refractivity (Wildman–Crippen MR) is 76.4 cm³/mol. The highest BCUT2D eigenvalue weighted by Crippen LogP contribution is 2.21. The van der Waals surface area contributed by atoms with Crippen molar-refractivity contribution in [3.05, 3.63) is 73.5 Å². The van der Waals surface area contributed by atoms with Gasteiger partial charge >= 0.3 is 5.88 Å². The molecule has 114 valence electrons. The summed E-state index contributed by atoms with van der Waals surface area (Å²) in [7, 11) is 0. The summed E-state index contributed by atoms with van der Waals surface area (Å²) in [4.78, 5) is 32.0. The number of carbonyl (C=O) groups excluding carboxylic acids is 1. The molecule has 0 N–H and O–H groups in total. The van der Waals surface area contributed by atoms with Gasteiger partial charge in [-0.1, -0.05) is 12.1 Å². The number of rotatable bonds is 5. The molecule has 0 amide bonds. The Kier molecular flexibility index (Phi) is 4.28. The van der Waals surface area contributed by atoms with Crippen molar-refractivity contribution in [1.29, 1.82) is 5.26 Å². The average molecular weight is 313 g/mol. The van der Waals surface area contributed by atoms with Crippen LogP contribution in [0.5, 0.6) is 0 Å². The number of nitro benzene ring substituents is 1. The fourth-order valence-electron chi connectivity index (χ4n) is 1.72. The van der Waals surface area contributed by atoms with E-state index in [1.54, 1.807) is 6.07 Å². The third-order valence-corrected chi connectivity index (χ3v) is 2.76. The number of ketones is 1. The summed E-state index contributed by atoms with van der Waals surface area (Å²) in [5.74, 6) is -1.33. The zero-order chi connectivity index (χ0) is 17.0. The van der Waals surface area contributed by atoms with Crippen molar-refractivity contribution >= 4 is 23.4 Å². The van der Waals surface area contributed by atoms with Crippen LogP contribution in [0.25, 0.3) is 6.08 Å². The van der Waals surface area contributed by atoms with Gasteiger partial charge in [-0.2, -0.15) is 5.26 Å². The van der Waals surface area contributed by atoms with Gasteiger partial charge in [-0.05, 0) is 6.07 Å². The molecular weight excluding hydrogens is 306 g/mol. The van der Waals surface area contributed by atoms with Crippen molar-refractivity contribution in [2.75, 3.05) is 0 Å². The lowest BCUT2D eigenvalue weighted by Gasteiger charge is -1.99. The molecule has 0 aliphatic heterocycles. The van der Waals surface area contributed by atoms with Crippen LogP contribution in [0, 0.1) is 31.6 Å². The number of nitrogens with zero attached hydrogens (tertiary/aromatic N) is 3. The second-order valence-corrected chi connectivity index (χ2v) is 4.24. The number of nitriles is 1. The maximum atomic E-state index is 12.2. The maximum Gasteiger partial charge on any atom is 0.433 e. The first-order valence-electron chi connectivity index (χ1n) is 6.07. The lowest BCUT2D eigenvalue weighted by Crippen LogP contribution is -2.02. The summed E-state index contributed by atoms with van der Waals surface area (Å²) in [6, 6.07) is 8.85. The fraction of sp³-hybridized carbons (Fsp3) is 0. The molecule has 23 heavy (non-hydrogen) atoms. The number of nitro groups is 2. The minimum Gasteiger partial charge on any atom is -0.401 e. The molecule has 0 saturated heterocycles. The monoisotopic (exact) mass is 313 g/mol. The number of non-ortho nitro benzene ring substituents is 1. The largest absolute Gasteiger partial charge is 0.433 e. The molecule has 0 aliphatic rings. The summed E-state index contributed by atoms with van der Waals surface area (Å²) >= 11 is 0. The first kappa shape index (κ1) is 15.6. The van der Waals surface area contributed by atoms with Gasteiger partial charge in [0.1, 0.15) is 22.3 Å². The van der Waals surface area contributed by atoms with E-state index in [4.69, 9.17) is 9.68 Å². The van der Waals surface area contributed by atoms with Gasteiger partial charge in [0.25, 0.3) is 5.69 Å². The number of hydrogen-bond acceptors (Lipinski definition) is 7. The van der Waals surface area contributed by atoms with Crippen LogP contribution in [0.3, 0.4) is 0 Å². The molecule has 2 aromatic rings. The molecule has 0 atom stereocenters. The van der Waals surface area contributed by atoms with Crippen LogP contribution < -0.4 is 0 Å². The van der Waals surface area contributed by atoms with Gasteiger partial charge in [0.15, 0.2) is 0 Å². The van der Waals surface area contributed by atoms with Crippen LogP contribution in [-0.2, 0) is 0 Å². The van der Waals surface area contributed by atoms with Crippen molar-refractivity contribution in [2.45, 2.75) is 0 Å². The van der Waals surface area contributed by atoms with Gasteiger partial charge in [-0.3, -0.25) is 25.0 Å². The highest BCUT2D eigenvalue weighted by Gasteiger charge is 2.17. The van der Waals surface area contributed by atoms with Gasteiger partial charge in [0.05, 0.1) is 11.0 Å². The van der Waals surface area contributed by atoms with Crippen LogP contribution in [0.4, 0.5) is 11.6 Å². The number of allylic oxidation sites excluding steroid dienone is 1. The van der Waals surface area contributed by atoms with E-state index in [1.807, 2.05) is 0 Å². The molecule has 1 aromatic heterocycles. The molecule has 0 unspecified atom stereocenters. The van der Waals surface area contributed by atoms with Gasteiger partial charge in [-0.25, -0.2) is 0 Å². The van der Waals surface area contributed by atoms with Gasteiger partial charge in [0.2, 0.25) is 5.78 Å². The van der Waals surface area contributed by atoms with E-state index in [1.165, 1.54) is 24.3 Å². The number of carbonyl (C=O) groups is 1. The molecule has 0 bridgehead atoms. The van der Waals surface area contributed by atoms with Crippen LogP contribution >= 0.6 is 0 Å². The zero-order valence-electron chi connectivity index (χ0n) is 11.3. The molecule has 2 rings (SSSR count). The molecule has 1 aromatic carbocycles. The van der Waals surface area contributed by atoms with Crippen molar-refractivity contribution < 1.29 is 19.1 Å². The number of furan rings is 1. The molecule has 9 nitrogen and oxygen atoms in total. The Morgan fingerprint density at radius 1 is 1.17 bits per heavy atom. The van der Waals surface area contributed by atoms with E-state index in [2.05, 4.69) is 0 Å². The van der Waals surface area contributed by atoms with Gasteiger partial charge in [-0.15, -0.1) is 0 Å². The normalized spacial score (nSPS) is 10.8. The molecule has 0 aliphatic carbocycles. The standard InChI is InChI=1S/C14H7N3O6/c15-8-10(7-12-4-5-13(23-12)17(21)22)14(18)9-2-1-3-11(6-9)16(19)20/h1-7H/b10-7+. The van der Waals surface area contributed by atoms with E-state index in [9.17, 15) is 25.0 Å². The quantitative estimate of drug-likeness (QED) is 0.271. The first-order valence-corrected chi connectivity index (χ1v) is 6.07. The van der Waals surface area contributed by atoms with Crippen molar-refractivity contribution in [3.63, 3.8) is 0 Å². The Balaban J connectivity index is 2.36. The number of hydrogen-bond donors (Lipinski definition) is 0. The Labute approximate surface area is 128 Å². The average Bonchev–Trinajstić information content (AvgIpc) is 3.01. The smallest absolute Gasteiger partial charge is 0.401 e. The van der Waals surface area contributed by atoms with E-state index in [0.29, 0.717) is 0 Å². The van der Waals surface area contributed by atoms with Crippen LogP contribution in [0.1, 0.15) is 16.1 Å². The summed E-state index contributed by atoms with van der Waals surface area (Å²) in [6.07, 6.45) is 1.04. The van der Waals surface area contributed by atoms with E-state index in [0.717, 1.165) is 18.2 Å². The molecule has 0 radical (unpaired) electrons. The Bertz CT molecular complexity index is 875. The van der Waals surface area contributed by atoms with E-state index >= 15 is 0 Å². The summed E-state index contributed by atoms with van der Waals surface area (Å²) in [5, 5.41) is 30.3. The molecular formula is C14H7N3O6. The Hall–Kier alpha value is -3.80. The summed E-state index contributed by atoms with van der Waals surface area (Å²) < 4.78 is 4.84. The minimum atomic E-state index is -0.758. The Morgan fingerprint density at radius 3 is 2.48 bits per heavy atom. The second-order valence-electron chi connectivity index (χ2n) is 4.24. The lowest BCUT2D eigenvalue weighted by atomic mass is 10.0. The van der Waals surface area contributed by atoms with E-state index in [-0.39, 0.29) is 22.6 Å². The highest BCUT2D eigenvalue weighted by atomic mass is 16.6. The maximum absolute atomic E-state index is 12.2. The number of Topliss-reactive ketones (excluding diaryl/α,β-unsaturated/α-hetero) is 1. The third-order valence-electron chi connectivity index (χ3n) is 2.76. The van der Waals surface area contributed by atoms with Crippen molar-refractivity contribution in [3.8, 4) is 6.07 Å². The number of benzene rings is 1. The molecule has 0 spiro atoms. The molecule has 1 heterocycles. The minimum absolute atomic E-state index is 0.0481. The molecule has 0 fully saturated rings. The highest BCUT2D eigenvalue weighted by molar-refractivity contribution is 6.14. The lowest BCUT2D eigenvalue weighted by molar-refractivity contribution is -0.402. The van der Waals surface area contributed by atoms with Crippen LogP contribution in [0.2, 0.25) is 0 Å². The SMILES string of the molecule is N#C/C(=C\c1ccc([N+](=O)[O-])o1)C(=O)c1cccc([N+](=O)[O-])c1. The summed E-state index contributed by atoms with van der Waals surface area (Å²) in [6.45, 7) is 0. The fourth-order valence-corrected chi connectivity index (χ4v) is 1.72. The zero-order valence-corrected chi connectivity index (χ0v) is 11.3. The van der Waals surface area contributed by atoms with Gasteiger partial charge in [0, 0.05) is 23.8 Å². The first-order chi connectivity index (χ1) is 10.9. The second kappa shape index (κ2) is 6.31. The van der Waals surface area contributed by atoms with E-state index < -0.39 is 21.5 Å². The van der Waals surface area contributed by atoms with Crippen LogP contribution in [0.15, 0.2) is 46.4 Å². The predicted octanol–water partition coefficient (Wildman–Crippen LogP) is 2.89. The van der Waals surface area contributed by atoms with Crippen molar-refractivity contribution in [1.82, 2.24) is 0 Å². The van der Waals surface area contributed by atoms with Crippen LogP contribution in [-0.4, -0.2) is 15.6 Å². The van der Waals surface area contributed by atoms with Gasteiger partial charge < -0.3 is 4.42 Å². The van der Waals surface area contributed by atoms with Crippen molar-refractivity contribution in [2.24, 2.45) is 0 Å².